The molecule has 0 spiro atoms. The molecule has 158 valence electrons. The van der Waals surface area contributed by atoms with Crippen molar-refractivity contribution in [1.29, 1.82) is 0 Å². The summed E-state index contributed by atoms with van der Waals surface area (Å²) in [5.74, 6) is 0.679. The van der Waals surface area contributed by atoms with Crippen LogP contribution < -0.4 is 5.56 Å². The Labute approximate surface area is 180 Å². The van der Waals surface area contributed by atoms with Gasteiger partial charge in [0.05, 0.1) is 10.6 Å². The van der Waals surface area contributed by atoms with E-state index >= 15 is 0 Å². The number of fused-ring (bicyclic) bond motifs is 3. The number of amides is 1. The van der Waals surface area contributed by atoms with Crippen LogP contribution in [0.4, 0.5) is 0 Å². The van der Waals surface area contributed by atoms with Gasteiger partial charge in [0.25, 0.3) is 5.56 Å². The normalized spacial score (nSPS) is 17.9. The molecule has 0 bridgehead atoms. The quantitative estimate of drug-likeness (QED) is 0.498. The van der Waals surface area contributed by atoms with Crippen molar-refractivity contribution in [3.8, 4) is 0 Å². The van der Waals surface area contributed by atoms with E-state index in [1.807, 2.05) is 16.4 Å². The molecule has 1 aliphatic heterocycles. The maximum absolute atomic E-state index is 13.5. The Morgan fingerprint density at radius 3 is 2.59 bits per heavy atom. The van der Waals surface area contributed by atoms with Crippen LogP contribution in [0.25, 0.3) is 10.2 Å². The second-order valence-electron chi connectivity index (χ2n) is 8.72. The summed E-state index contributed by atoms with van der Waals surface area (Å²) in [6.07, 6.45) is 7.52. The molecule has 7 heteroatoms. The lowest BCUT2D eigenvalue weighted by Crippen LogP contribution is -2.34. The number of hydrogen-bond acceptors (Lipinski definition) is 5. The number of aromatic nitrogens is 2. The second kappa shape index (κ2) is 8.80. The minimum absolute atomic E-state index is 0.0957. The van der Waals surface area contributed by atoms with Crippen LogP contribution in [0, 0.1) is 5.92 Å². The van der Waals surface area contributed by atoms with Crippen molar-refractivity contribution in [3.63, 3.8) is 0 Å². The van der Waals surface area contributed by atoms with Crippen molar-refractivity contribution in [2.75, 3.05) is 13.1 Å². The number of thioether (sulfide) groups is 1. The molecular weight excluding hydrogens is 402 g/mol. The van der Waals surface area contributed by atoms with E-state index in [1.165, 1.54) is 28.6 Å². The molecule has 0 radical (unpaired) electrons. The highest BCUT2D eigenvalue weighted by atomic mass is 32.2. The third kappa shape index (κ3) is 4.26. The molecule has 0 saturated carbocycles. The number of carbonyl (C=O) groups excluding carboxylic acids is 1. The van der Waals surface area contributed by atoms with Crippen molar-refractivity contribution >= 4 is 39.2 Å². The second-order valence-corrected chi connectivity index (χ2v) is 11.1. The Morgan fingerprint density at radius 1 is 1.14 bits per heavy atom. The molecule has 2 aliphatic rings. The van der Waals surface area contributed by atoms with Gasteiger partial charge in [0, 0.05) is 24.5 Å². The number of aryl methyl sites for hydroxylation is 2. The van der Waals surface area contributed by atoms with Gasteiger partial charge in [-0.25, -0.2) is 4.98 Å². The van der Waals surface area contributed by atoms with Crippen molar-refractivity contribution in [1.82, 2.24) is 14.5 Å². The molecular formula is C22H31N3O2S2. The van der Waals surface area contributed by atoms with Gasteiger partial charge in [-0.3, -0.25) is 14.2 Å². The van der Waals surface area contributed by atoms with Crippen LogP contribution in [0.1, 0.15) is 63.3 Å². The molecule has 1 saturated heterocycles. The Morgan fingerprint density at radius 2 is 1.86 bits per heavy atom. The number of thiophene rings is 1. The summed E-state index contributed by atoms with van der Waals surface area (Å²) < 4.78 is 1.85. The first-order valence-corrected chi connectivity index (χ1v) is 12.7. The molecule has 1 unspecified atom stereocenters. The van der Waals surface area contributed by atoms with Crippen LogP contribution in [0.5, 0.6) is 0 Å². The van der Waals surface area contributed by atoms with Crippen LogP contribution in [0.15, 0.2) is 9.95 Å². The Hall–Kier alpha value is -1.34. The van der Waals surface area contributed by atoms with Crippen molar-refractivity contribution in [2.24, 2.45) is 5.92 Å². The number of nitrogens with zero attached hydrogens (tertiary/aromatic N) is 3. The molecule has 1 fully saturated rings. The highest BCUT2D eigenvalue weighted by Gasteiger charge is 2.27. The molecule has 29 heavy (non-hydrogen) atoms. The van der Waals surface area contributed by atoms with Gasteiger partial charge >= 0.3 is 0 Å². The van der Waals surface area contributed by atoms with Gasteiger partial charge in [0.1, 0.15) is 4.83 Å². The third-order valence-corrected chi connectivity index (χ3v) is 8.28. The number of hydrogen-bond donors (Lipinski definition) is 0. The van der Waals surface area contributed by atoms with Crippen LogP contribution in [-0.2, 0) is 24.2 Å². The van der Waals surface area contributed by atoms with E-state index in [-0.39, 0.29) is 16.7 Å². The monoisotopic (exact) mass is 433 g/mol. The van der Waals surface area contributed by atoms with Gasteiger partial charge in [0.15, 0.2) is 5.16 Å². The predicted molar refractivity (Wildman–Crippen MR) is 121 cm³/mol. The smallest absolute Gasteiger partial charge is 0.263 e. The standard InChI is InChI=1S/C22H31N3O2S2/c1-14(2)10-13-25-21(27)18-16-8-4-5-9-17(16)29-19(18)23-22(25)28-15(3)20(26)24-11-6-7-12-24/h14-15H,4-13H2,1-3H3. The highest BCUT2D eigenvalue weighted by Crippen LogP contribution is 2.35. The molecule has 1 amide bonds. The van der Waals surface area contributed by atoms with E-state index < -0.39 is 0 Å². The number of carbonyl (C=O) groups is 1. The maximum atomic E-state index is 13.5. The first-order chi connectivity index (χ1) is 14.0. The van der Waals surface area contributed by atoms with Crippen LogP contribution >= 0.6 is 23.1 Å². The molecule has 3 heterocycles. The zero-order valence-electron chi connectivity index (χ0n) is 17.7. The van der Waals surface area contributed by atoms with E-state index in [2.05, 4.69) is 13.8 Å². The van der Waals surface area contributed by atoms with E-state index in [0.717, 1.165) is 61.8 Å². The van der Waals surface area contributed by atoms with Gasteiger partial charge in [0.2, 0.25) is 5.91 Å². The average Bonchev–Trinajstić information content (AvgIpc) is 3.34. The van der Waals surface area contributed by atoms with E-state index in [4.69, 9.17) is 4.98 Å². The average molecular weight is 434 g/mol. The summed E-state index contributed by atoms with van der Waals surface area (Å²) in [5, 5.41) is 1.33. The van der Waals surface area contributed by atoms with Gasteiger partial charge in [-0.15, -0.1) is 11.3 Å². The van der Waals surface area contributed by atoms with E-state index in [0.29, 0.717) is 17.6 Å². The highest BCUT2D eigenvalue weighted by molar-refractivity contribution is 8.00. The lowest BCUT2D eigenvalue weighted by molar-refractivity contribution is -0.129. The van der Waals surface area contributed by atoms with Crippen LogP contribution in [0.2, 0.25) is 0 Å². The lowest BCUT2D eigenvalue weighted by atomic mass is 9.97. The van der Waals surface area contributed by atoms with Crippen molar-refractivity contribution in [2.45, 2.75) is 82.7 Å². The van der Waals surface area contributed by atoms with Gasteiger partial charge < -0.3 is 4.90 Å². The summed E-state index contributed by atoms with van der Waals surface area (Å²) in [4.78, 5) is 35.5. The molecule has 2 aromatic rings. The number of likely N-dealkylation sites (tertiary alicyclic amines) is 1. The molecule has 2 aromatic heterocycles. The zero-order chi connectivity index (χ0) is 20.5. The first kappa shape index (κ1) is 20.9. The Balaban J connectivity index is 1.71. The molecule has 5 nitrogen and oxygen atoms in total. The molecule has 1 aliphatic carbocycles. The minimum atomic E-state index is -0.225. The summed E-state index contributed by atoms with van der Waals surface area (Å²) in [6.45, 7) is 8.68. The fraction of sp³-hybridized carbons (Fsp3) is 0.682. The van der Waals surface area contributed by atoms with E-state index in [1.54, 1.807) is 11.3 Å². The van der Waals surface area contributed by atoms with Crippen molar-refractivity contribution in [3.05, 3.63) is 20.8 Å². The summed E-state index contributed by atoms with van der Waals surface area (Å²) in [6, 6.07) is 0. The van der Waals surface area contributed by atoms with E-state index in [9.17, 15) is 9.59 Å². The zero-order valence-corrected chi connectivity index (χ0v) is 19.3. The summed E-state index contributed by atoms with van der Waals surface area (Å²) >= 11 is 3.15. The lowest BCUT2D eigenvalue weighted by Gasteiger charge is -2.21. The predicted octanol–water partition coefficient (Wildman–Crippen LogP) is 4.49. The fourth-order valence-corrected chi connectivity index (χ4v) is 6.62. The molecule has 4 rings (SSSR count). The largest absolute Gasteiger partial charge is 0.342 e. The molecule has 1 atom stereocenters. The Bertz CT molecular complexity index is 957. The maximum Gasteiger partial charge on any atom is 0.263 e. The molecule has 0 N–H and O–H groups in total. The third-order valence-electron chi connectivity index (χ3n) is 6.02. The minimum Gasteiger partial charge on any atom is -0.342 e. The SMILES string of the molecule is CC(C)CCn1c(SC(C)C(=O)N2CCCC2)nc2sc3c(c2c1=O)CCCC3. The molecule has 0 aromatic carbocycles. The van der Waals surface area contributed by atoms with Crippen LogP contribution in [0.3, 0.4) is 0 Å². The van der Waals surface area contributed by atoms with Gasteiger partial charge in [-0.1, -0.05) is 25.6 Å². The van der Waals surface area contributed by atoms with Gasteiger partial charge in [-0.05, 0) is 63.4 Å². The Kier molecular flexibility index (Phi) is 6.35. The summed E-state index contributed by atoms with van der Waals surface area (Å²) in [7, 11) is 0. The first-order valence-electron chi connectivity index (χ1n) is 11.0. The number of rotatable bonds is 6. The van der Waals surface area contributed by atoms with Crippen molar-refractivity contribution < 1.29 is 4.79 Å². The van der Waals surface area contributed by atoms with Gasteiger partial charge in [-0.2, -0.15) is 0 Å². The summed E-state index contributed by atoms with van der Waals surface area (Å²) in [5.41, 5.74) is 1.34. The van der Waals surface area contributed by atoms with Crippen LogP contribution in [-0.4, -0.2) is 38.7 Å². The topological polar surface area (TPSA) is 55.2 Å². The fourth-order valence-electron chi connectivity index (χ4n) is 4.30.